The average molecular weight is 276 g/mol. The van der Waals surface area contributed by atoms with E-state index in [1.165, 1.54) is 30.7 Å². The molecule has 0 saturated carbocycles. The van der Waals surface area contributed by atoms with E-state index in [2.05, 4.69) is 10.7 Å². The Balaban J connectivity index is 2.13. The van der Waals surface area contributed by atoms with Gasteiger partial charge in [-0.15, -0.1) is 0 Å². The molecular weight excluding hydrogens is 264 g/mol. The minimum Gasteiger partial charge on any atom is -0.472 e. The summed E-state index contributed by atoms with van der Waals surface area (Å²) < 4.78 is 4.87. The second-order valence-electron chi connectivity index (χ2n) is 3.95. The van der Waals surface area contributed by atoms with E-state index in [1.54, 1.807) is 6.07 Å². The van der Waals surface area contributed by atoms with Crippen molar-refractivity contribution in [2.75, 3.05) is 5.43 Å². The lowest BCUT2D eigenvalue weighted by molar-refractivity contribution is -0.384. The molecular formula is C12H12N4O4. The molecule has 4 N–H and O–H groups in total. The summed E-state index contributed by atoms with van der Waals surface area (Å²) in [5, 5.41) is 13.5. The van der Waals surface area contributed by atoms with Crippen LogP contribution in [0.1, 0.15) is 15.9 Å². The van der Waals surface area contributed by atoms with Crippen molar-refractivity contribution in [1.29, 1.82) is 0 Å². The highest BCUT2D eigenvalue weighted by atomic mass is 16.6. The Labute approximate surface area is 113 Å². The summed E-state index contributed by atoms with van der Waals surface area (Å²) in [7, 11) is 0. The largest absolute Gasteiger partial charge is 0.472 e. The highest BCUT2D eigenvalue weighted by molar-refractivity contribution is 5.95. The number of hydrogen-bond acceptors (Lipinski definition) is 6. The molecule has 0 aliphatic carbocycles. The van der Waals surface area contributed by atoms with Gasteiger partial charge in [-0.25, -0.2) is 0 Å². The van der Waals surface area contributed by atoms with E-state index in [4.69, 9.17) is 10.3 Å². The third kappa shape index (κ3) is 2.93. The van der Waals surface area contributed by atoms with Crippen molar-refractivity contribution in [3.05, 3.63) is 58.0 Å². The number of amides is 1. The first kappa shape index (κ1) is 13.6. The van der Waals surface area contributed by atoms with E-state index in [0.29, 0.717) is 0 Å². The fourth-order valence-corrected chi connectivity index (χ4v) is 1.62. The molecule has 1 amide bonds. The predicted molar refractivity (Wildman–Crippen MR) is 70.8 cm³/mol. The number of furan rings is 1. The Morgan fingerprint density at radius 2 is 2.20 bits per heavy atom. The van der Waals surface area contributed by atoms with Crippen LogP contribution in [0.25, 0.3) is 0 Å². The number of carbonyl (C=O) groups is 1. The molecule has 0 spiro atoms. The molecule has 1 aromatic carbocycles. The summed E-state index contributed by atoms with van der Waals surface area (Å²) in [6.45, 7) is 0.278. The number of nitrogens with two attached hydrogens (primary N) is 1. The van der Waals surface area contributed by atoms with Crippen molar-refractivity contribution >= 4 is 17.3 Å². The zero-order valence-corrected chi connectivity index (χ0v) is 10.3. The maximum Gasteiger partial charge on any atom is 0.294 e. The van der Waals surface area contributed by atoms with Crippen molar-refractivity contribution in [1.82, 2.24) is 5.32 Å². The minimum atomic E-state index is -0.609. The van der Waals surface area contributed by atoms with E-state index >= 15 is 0 Å². The van der Waals surface area contributed by atoms with Crippen LogP contribution >= 0.6 is 0 Å². The van der Waals surface area contributed by atoms with Crippen LogP contribution in [0, 0.1) is 10.1 Å². The number of nitrogens with zero attached hydrogens (tertiary/aromatic N) is 1. The van der Waals surface area contributed by atoms with Gasteiger partial charge in [0.1, 0.15) is 5.69 Å². The van der Waals surface area contributed by atoms with Gasteiger partial charge in [-0.2, -0.15) is 0 Å². The van der Waals surface area contributed by atoms with Crippen molar-refractivity contribution in [3.8, 4) is 0 Å². The van der Waals surface area contributed by atoms with Crippen LogP contribution in [-0.4, -0.2) is 10.8 Å². The molecule has 1 heterocycles. The van der Waals surface area contributed by atoms with Crippen LogP contribution in [0.15, 0.2) is 41.2 Å². The highest BCUT2D eigenvalue weighted by Crippen LogP contribution is 2.24. The third-order valence-corrected chi connectivity index (χ3v) is 2.65. The molecule has 0 unspecified atom stereocenters. The first-order valence-electron chi connectivity index (χ1n) is 5.66. The summed E-state index contributed by atoms with van der Waals surface area (Å²) in [6.07, 6.45) is 3.00. The maximum atomic E-state index is 11.9. The van der Waals surface area contributed by atoms with Crippen LogP contribution in [-0.2, 0) is 6.54 Å². The maximum absolute atomic E-state index is 11.9. The topological polar surface area (TPSA) is 123 Å². The number of hydrogen-bond donors (Lipinski definition) is 3. The predicted octanol–water partition coefficient (Wildman–Crippen LogP) is 1.40. The molecule has 0 bridgehead atoms. The van der Waals surface area contributed by atoms with Crippen molar-refractivity contribution in [2.24, 2.45) is 5.84 Å². The van der Waals surface area contributed by atoms with Gasteiger partial charge in [0.2, 0.25) is 0 Å². The Bertz CT molecular complexity index is 624. The van der Waals surface area contributed by atoms with Gasteiger partial charge in [0.25, 0.3) is 11.6 Å². The van der Waals surface area contributed by atoms with Crippen LogP contribution in [0.2, 0.25) is 0 Å². The zero-order valence-electron chi connectivity index (χ0n) is 10.3. The number of nitro benzene ring substituents is 1. The van der Waals surface area contributed by atoms with Crippen molar-refractivity contribution < 1.29 is 14.1 Å². The number of benzene rings is 1. The molecule has 104 valence electrons. The van der Waals surface area contributed by atoms with E-state index in [0.717, 1.165) is 5.56 Å². The molecule has 0 radical (unpaired) electrons. The normalized spacial score (nSPS) is 10.1. The number of rotatable bonds is 5. The monoisotopic (exact) mass is 276 g/mol. The molecule has 2 rings (SSSR count). The Morgan fingerprint density at radius 1 is 1.40 bits per heavy atom. The van der Waals surface area contributed by atoms with Gasteiger partial charge in [0, 0.05) is 23.7 Å². The summed E-state index contributed by atoms with van der Waals surface area (Å²) in [4.78, 5) is 22.2. The van der Waals surface area contributed by atoms with Gasteiger partial charge in [-0.3, -0.25) is 20.8 Å². The Hall–Kier alpha value is -2.87. The summed E-state index contributed by atoms with van der Waals surface area (Å²) in [6, 6.07) is 5.71. The number of nitro groups is 1. The number of nitrogen functional groups attached to an aromatic ring is 1. The van der Waals surface area contributed by atoms with E-state index in [9.17, 15) is 14.9 Å². The summed E-state index contributed by atoms with van der Waals surface area (Å²) in [5.41, 5.74) is 3.07. The smallest absolute Gasteiger partial charge is 0.294 e. The number of nitrogens with one attached hydrogen (secondary N) is 2. The second kappa shape index (κ2) is 5.85. The summed E-state index contributed by atoms with van der Waals surface area (Å²) >= 11 is 0. The molecule has 0 aliphatic heterocycles. The lowest BCUT2D eigenvalue weighted by atomic mass is 10.1. The lowest BCUT2D eigenvalue weighted by Crippen LogP contribution is -2.22. The molecule has 0 saturated heterocycles. The van der Waals surface area contributed by atoms with E-state index in [-0.39, 0.29) is 23.5 Å². The fourth-order valence-electron chi connectivity index (χ4n) is 1.62. The number of carbonyl (C=O) groups excluding carboxylic acids is 1. The zero-order chi connectivity index (χ0) is 14.5. The van der Waals surface area contributed by atoms with Crippen LogP contribution in [0.4, 0.5) is 11.4 Å². The molecule has 0 fully saturated rings. The van der Waals surface area contributed by atoms with Crippen LogP contribution in [0.5, 0.6) is 0 Å². The molecule has 20 heavy (non-hydrogen) atoms. The van der Waals surface area contributed by atoms with Gasteiger partial charge in [-0.05, 0) is 18.2 Å². The SMILES string of the molecule is NNc1ccc(C(=O)NCc2ccoc2)cc1[N+](=O)[O-]. The van der Waals surface area contributed by atoms with Gasteiger partial charge in [0.15, 0.2) is 0 Å². The van der Waals surface area contributed by atoms with Crippen molar-refractivity contribution in [3.63, 3.8) is 0 Å². The lowest BCUT2D eigenvalue weighted by Gasteiger charge is -2.06. The molecule has 8 nitrogen and oxygen atoms in total. The van der Waals surface area contributed by atoms with Gasteiger partial charge < -0.3 is 15.2 Å². The molecule has 0 aliphatic rings. The van der Waals surface area contributed by atoms with Gasteiger partial charge in [-0.1, -0.05) is 0 Å². The quantitative estimate of drug-likeness (QED) is 0.431. The van der Waals surface area contributed by atoms with E-state index in [1.807, 2.05) is 0 Å². The molecule has 1 aromatic heterocycles. The van der Waals surface area contributed by atoms with Crippen molar-refractivity contribution in [2.45, 2.75) is 6.54 Å². The Morgan fingerprint density at radius 3 is 2.80 bits per heavy atom. The molecule has 8 heteroatoms. The highest BCUT2D eigenvalue weighted by Gasteiger charge is 2.16. The standard InChI is InChI=1S/C12H12N4O4/c13-15-10-2-1-9(5-11(10)16(18)19)12(17)14-6-8-3-4-20-7-8/h1-5,7,15H,6,13H2,(H,14,17). The van der Waals surface area contributed by atoms with Crippen LogP contribution < -0.4 is 16.6 Å². The second-order valence-corrected chi connectivity index (χ2v) is 3.95. The Kier molecular flexibility index (Phi) is 3.96. The van der Waals surface area contributed by atoms with E-state index < -0.39 is 10.8 Å². The summed E-state index contributed by atoms with van der Waals surface area (Å²) in [5.74, 6) is 4.75. The molecule has 2 aromatic rings. The van der Waals surface area contributed by atoms with Gasteiger partial charge >= 0.3 is 0 Å². The van der Waals surface area contributed by atoms with Crippen LogP contribution in [0.3, 0.4) is 0 Å². The first-order chi connectivity index (χ1) is 9.61. The average Bonchev–Trinajstić information content (AvgIpc) is 2.97. The molecule has 0 atom stereocenters. The number of anilines is 1. The third-order valence-electron chi connectivity index (χ3n) is 2.65. The fraction of sp³-hybridized carbons (Fsp3) is 0.0833. The van der Waals surface area contributed by atoms with Gasteiger partial charge in [0.05, 0.1) is 17.4 Å². The first-order valence-corrected chi connectivity index (χ1v) is 5.66. The minimum absolute atomic E-state index is 0.140. The number of hydrazine groups is 1.